The molecule has 0 saturated heterocycles. The number of benzene rings is 1. The minimum absolute atomic E-state index is 0.319. The van der Waals surface area contributed by atoms with Gasteiger partial charge in [0.05, 0.1) is 19.0 Å². The van der Waals surface area contributed by atoms with Crippen molar-refractivity contribution in [3.63, 3.8) is 0 Å². The van der Waals surface area contributed by atoms with E-state index in [0.29, 0.717) is 25.8 Å². The summed E-state index contributed by atoms with van der Waals surface area (Å²) in [6.45, 7) is 1.33. The predicted molar refractivity (Wildman–Crippen MR) is 84.5 cm³/mol. The number of aliphatic hydroxyl groups excluding tert-OH is 1. The van der Waals surface area contributed by atoms with Crippen molar-refractivity contribution < 1.29 is 14.3 Å². The van der Waals surface area contributed by atoms with Gasteiger partial charge < -0.3 is 14.3 Å². The first-order chi connectivity index (χ1) is 10.7. The summed E-state index contributed by atoms with van der Waals surface area (Å²) >= 11 is 0. The molecule has 1 aliphatic rings. The molecular weight excluding hydrogens is 278 g/mol. The Hall–Kier alpha value is -1.62. The van der Waals surface area contributed by atoms with E-state index in [2.05, 4.69) is 36.2 Å². The lowest BCUT2D eigenvalue weighted by atomic mass is 10.1. The van der Waals surface area contributed by atoms with Crippen molar-refractivity contribution in [2.45, 2.75) is 31.6 Å². The molecule has 0 amide bonds. The molecular formula is C18H23NO3. The van der Waals surface area contributed by atoms with Crippen molar-refractivity contribution in [1.82, 2.24) is 4.90 Å². The first-order valence-corrected chi connectivity index (χ1v) is 7.80. The number of fused-ring (bicyclic) bond motifs is 1. The van der Waals surface area contributed by atoms with Crippen LogP contribution in [-0.2, 0) is 17.8 Å². The normalized spacial score (nSPS) is 18.6. The molecule has 0 radical (unpaired) electrons. The number of aliphatic hydroxyl groups is 1. The Morgan fingerprint density at radius 3 is 3.00 bits per heavy atom. The molecule has 1 aromatic carbocycles. The summed E-state index contributed by atoms with van der Waals surface area (Å²) in [6, 6.07) is 12.7. The zero-order valence-corrected chi connectivity index (χ0v) is 12.9. The molecule has 22 heavy (non-hydrogen) atoms. The Balaban J connectivity index is 1.46. The molecule has 118 valence electrons. The lowest BCUT2D eigenvalue weighted by Crippen LogP contribution is -2.34. The van der Waals surface area contributed by atoms with Crippen molar-refractivity contribution in [3.05, 3.63) is 59.5 Å². The maximum atomic E-state index is 10.2. The molecule has 0 bridgehead atoms. The van der Waals surface area contributed by atoms with Crippen molar-refractivity contribution in [3.8, 4) is 0 Å². The molecule has 4 heteroatoms. The molecule has 1 aliphatic carbocycles. The van der Waals surface area contributed by atoms with Gasteiger partial charge in [-0.25, -0.2) is 0 Å². The quantitative estimate of drug-likeness (QED) is 0.854. The number of furan rings is 1. The summed E-state index contributed by atoms with van der Waals surface area (Å²) in [5, 5.41) is 10.2. The van der Waals surface area contributed by atoms with Gasteiger partial charge >= 0.3 is 0 Å². The third kappa shape index (κ3) is 3.58. The summed E-state index contributed by atoms with van der Waals surface area (Å²) in [4.78, 5) is 2.23. The van der Waals surface area contributed by atoms with Crippen LogP contribution in [0.3, 0.4) is 0 Å². The van der Waals surface area contributed by atoms with Crippen LogP contribution in [0, 0.1) is 0 Å². The Morgan fingerprint density at radius 2 is 2.18 bits per heavy atom. The SMILES string of the molecule is CN(CC(O)COCc1ccco1)C1CCc2ccccc21. The first kappa shape index (κ1) is 15.3. The topological polar surface area (TPSA) is 45.8 Å². The highest BCUT2D eigenvalue weighted by atomic mass is 16.5. The van der Waals surface area contributed by atoms with Gasteiger partial charge in [0, 0.05) is 12.6 Å². The maximum Gasteiger partial charge on any atom is 0.129 e. The summed E-state index contributed by atoms with van der Waals surface area (Å²) in [6.07, 6.45) is 3.37. The Labute approximate surface area is 131 Å². The Kier molecular flexibility index (Phi) is 4.93. The van der Waals surface area contributed by atoms with E-state index in [4.69, 9.17) is 9.15 Å². The van der Waals surface area contributed by atoms with E-state index < -0.39 is 6.10 Å². The molecule has 2 atom stereocenters. The number of nitrogens with zero attached hydrogens (tertiary/aromatic N) is 1. The van der Waals surface area contributed by atoms with Crippen LogP contribution in [0.5, 0.6) is 0 Å². The van der Waals surface area contributed by atoms with E-state index in [1.165, 1.54) is 11.1 Å². The number of likely N-dealkylation sites (N-methyl/N-ethyl adjacent to an activating group) is 1. The summed E-state index contributed by atoms with van der Waals surface area (Å²) in [7, 11) is 2.07. The zero-order chi connectivity index (χ0) is 15.4. The molecule has 1 heterocycles. The van der Waals surface area contributed by atoms with Gasteiger partial charge in [0.15, 0.2) is 0 Å². The molecule has 2 unspecified atom stereocenters. The fourth-order valence-electron chi connectivity index (χ4n) is 3.20. The summed E-state index contributed by atoms with van der Waals surface area (Å²) in [5.74, 6) is 0.783. The van der Waals surface area contributed by atoms with Crippen LogP contribution in [-0.4, -0.2) is 36.3 Å². The van der Waals surface area contributed by atoms with Crippen LogP contribution in [0.25, 0.3) is 0 Å². The smallest absolute Gasteiger partial charge is 0.129 e. The summed E-state index contributed by atoms with van der Waals surface area (Å²) in [5.41, 5.74) is 2.83. The molecule has 0 fully saturated rings. The number of aryl methyl sites for hydroxylation is 1. The molecule has 0 saturated carbocycles. The van der Waals surface area contributed by atoms with Crippen molar-refractivity contribution >= 4 is 0 Å². The molecule has 4 nitrogen and oxygen atoms in total. The van der Waals surface area contributed by atoms with E-state index in [-0.39, 0.29) is 0 Å². The largest absolute Gasteiger partial charge is 0.467 e. The minimum atomic E-state index is -0.493. The monoisotopic (exact) mass is 301 g/mol. The van der Waals surface area contributed by atoms with Crippen LogP contribution in [0.2, 0.25) is 0 Å². The highest BCUT2D eigenvalue weighted by molar-refractivity contribution is 5.34. The van der Waals surface area contributed by atoms with Crippen LogP contribution >= 0.6 is 0 Å². The van der Waals surface area contributed by atoms with Crippen LogP contribution in [0.4, 0.5) is 0 Å². The third-order valence-corrected chi connectivity index (χ3v) is 4.27. The van der Waals surface area contributed by atoms with Gasteiger partial charge in [-0.15, -0.1) is 0 Å². The fraction of sp³-hybridized carbons (Fsp3) is 0.444. The Morgan fingerprint density at radius 1 is 1.32 bits per heavy atom. The first-order valence-electron chi connectivity index (χ1n) is 7.80. The third-order valence-electron chi connectivity index (χ3n) is 4.27. The number of ether oxygens (including phenoxy) is 1. The van der Waals surface area contributed by atoms with Crippen molar-refractivity contribution in [1.29, 1.82) is 0 Å². The van der Waals surface area contributed by atoms with Gasteiger partial charge in [0.25, 0.3) is 0 Å². The zero-order valence-electron chi connectivity index (χ0n) is 12.9. The van der Waals surface area contributed by atoms with E-state index in [1.54, 1.807) is 6.26 Å². The average Bonchev–Trinajstić information content (AvgIpc) is 3.16. The van der Waals surface area contributed by atoms with Gasteiger partial charge in [-0.05, 0) is 43.1 Å². The number of hydrogen-bond donors (Lipinski definition) is 1. The Bertz CT molecular complexity index is 582. The highest BCUT2D eigenvalue weighted by Crippen LogP contribution is 2.34. The lowest BCUT2D eigenvalue weighted by molar-refractivity contribution is 0.00287. The average molecular weight is 301 g/mol. The molecule has 0 aliphatic heterocycles. The molecule has 2 aromatic rings. The van der Waals surface area contributed by atoms with Gasteiger partial charge in [0.2, 0.25) is 0 Å². The van der Waals surface area contributed by atoms with Crippen LogP contribution < -0.4 is 0 Å². The van der Waals surface area contributed by atoms with Crippen LogP contribution in [0.1, 0.15) is 29.3 Å². The number of hydrogen-bond acceptors (Lipinski definition) is 4. The van der Waals surface area contributed by atoms with Gasteiger partial charge in [-0.2, -0.15) is 0 Å². The van der Waals surface area contributed by atoms with E-state index in [0.717, 1.165) is 18.6 Å². The van der Waals surface area contributed by atoms with Crippen molar-refractivity contribution in [2.24, 2.45) is 0 Å². The van der Waals surface area contributed by atoms with Gasteiger partial charge in [-0.3, -0.25) is 4.90 Å². The van der Waals surface area contributed by atoms with E-state index in [1.807, 2.05) is 12.1 Å². The van der Waals surface area contributed by atoms with E-state index in [9.17, 15) is 5.11 Å². The lowest BCUT2D eigenvalue weighted by Gasteiger charge is -2.27. The number of rotatable bonds is 7. The second kappa shape index (κ2) is 7.09. The van der Waals surface area contributed by atoms with Gasteiger partial charge in [0.1, 0.15) is 12.4 Å². The highest BCUT2D eigenvalue weighted by Gasteiger charge is 2.26. The molecule has 0 spiro atoms. The molecule has 3 rings (SSSR count). The minimum Gasteiger partial charge on any atom is -0.467 e. The van der Waals surface area contributed by atoms with Crippen molar-refractivity contribution in [2.75, 3.05) is 20.2 Å². The maximum absolute atomic E-state index is 10.2. The summed E-state index contributed by atoms with van der Waals surface area (Å²) < 4.78 is 10.7. The fourth-order valence-corrected chi connectivity index (χ4v) is 3.20. The second-order valence-electron chi connectivity index (χ2n) is 5.94. The molecule has 1 aromatic heterocycles. The standard InChI is InChI=1S/C18H23NO3/c1-19(18-9-8-14-5-2-3-7-17(14)18)11-15(20)12-21-13-16-6-4-10-22-16/h2-7,10,15,18,20H,8-9,11-13H2,1H3. The van der Waals surface area contributed by atoms with E-state index >= 15 is 0 Å². The molecule has 1 N–H and O–H groups in total. The predicted octanol–water partition coefficient (Wildman–Crippen LogP) is 2.78. The second-order valence-corrected chi connectivity index (χ2v) is 5.94. The van der Waals surface area contributed by atoms with Gasteiger partial charge in [-0.1, -0.05) is 24.3 Å². The van der Waals surface area contributed by atoms with Crippen LogP contribution in [0.15, 0.2) is 47.1 Å².